The molecule has 2 N–H and O–H groups in total. The van der Waals surface area contributed by atoms with Crippen LogP contribution < -0.4 is 0 Å². The molecule has 0 aliphatic carbocycles. The second-order valence-corrected chi connectivity index (χ2v) is 17.0. The van der Waals surface area contributed by atoms with Crippen molar-refractivity contribution in [3.63, 3.8) is 0 Å². The molecule has 3 atom stereocenters. The summed E-state index contributed by atoms with van der Waals surface area (Å²) in [5.74, 6) is -1.02. The highest BCUT2D eigenvalue weighted by Gasteiger charge is 2.27. The zero-order chi connectivity index (χ0) is 45.1. The van der Waals surface area contributed by atoms with E-state index in [4.69, 9.17) is 18.5 Å². The number of unbranched alkanes of at least 4 members (excludes halogenated alkanes) is 4. The van der Waals surface area contributed by atoms with Crippen LogP contribution in [0.3, 0.4) is 0 Å². The molecule has 0 radical (unpaired) electrons. The molecular weight excluding hydrogens is 790 g/mol. The van der Waals surface area contributed by atoms with Crippen molar-refractivity contribution in [1.29, 1.82) is 0 Å². The summed E-state index contributed by atoms with van der Waals surface area (Å²) in [4.78, 5) is 35.3. The highest BCUT2D eigenvalue weighted by molar-refractivity contribution is 7.47. The van der Waals surface area contributed by atoms with Crippen molar-refractivity contribution in [1.82, 2.24) is 0 Å². The molecule has 0 amide bonds. The number of allylic oxidation sites excluding steroid dienone is 18. The molecule has 1 unspecified atom stereocenters. The average Bonchev–Trinajstić information content (AvgIpc) is 3.21. The van der Waals surface area contributed by atoms with Crippen molar-refractivity contribution >= 4 is 19.8 Å². The predicted octanol–water partition coefficient (Wildman–Crippen LogP) is 11.9. The van der Waals surface area contributed by atoms with E-state index in [1.807, 2.05) is 69.8 Å². The molecule has 0 aromatic carbocycles. The van der Waals surface area contributed by atoms with Gasteiger partial charge in [0.2, 0.25) is 0 Å². The third-order valence-corrected chi connectivity index (χ3v) is 9.55. The van der Waals surface area contributed by atoms with Crippen molar-refractivity contribution < 1.29 is 47.2 Å². The van der Waals surface area contributed by atoms with Crippen LogP contribution in [0.15, 0.2) is 122 Å². The fourth-order valence-electron chi connectivity index (χ4n) is 5.05. The summed E-state index contributed by atoms with van der Waals surface area (Å²) in [5, 5.41) is 10.1. The third kappa shape index (κ3) is 44.2. The summed E-state index contributed by atoms with van der Waals surface area (Å²) in [6.07, 6.45) is 53.0. The Bertz CT molecular complexity index is 1460. The molecule has 11 heteroatoms. The van der Waals surface area contributed by atoms with Gasteiger partial charge in [0.05, 0.1) is 33.9 Å². The summed E-state index contributed by atoms with van der Waals surface area (Å²) in [6, 6.07) is 0. The Balaban J connectivity index is 4.65. The van der Waals surface area contributed by atoms with Gasteiger partial charge in [0.25, 0.3) is 0 Å². The Hall–Kier alpha value is -3.63. The SMILES string of the molecule is CC/C=C\C/C=C\C/C=C\C/C=C\C/C=C\C/C=C\CCC(=O)OC[C@H](COP(=O)(O)OCC[N+](C)(C)C)OC(=O)CCC/C=C/C/C=C\C[C@@H](O)/C=C\C=C/CCCCC. The molecule has 0 bridgehead atoms. The Labute approximate surface area is 370 Å². The monoisotopic (exact) mass is 871 g/mol. The predicted molar refractivity (Wildman–Crippen MR) is 253 cm³/mol. The first kappa shape index (κ1) is 57.4. The Morgan fingerprint density at radius 1 is 0.607 bits per heavy atom. The number of phosphoric ester groups is 1. The Morgan fingerprint density at radius 2 is 1.15 bits per heavy atom. The zero-order valence-electron chi connectivity index (χ0n) is 38.2. The topological polar surface area (TPSA) is 129 Å². The van der Waals surface area contributed by atoms with Crippen LogP contribution in [-0.2, 0) is 32.7 Å². The quantitative estimate of drug-likeness (QED) is 0.0156. The minimum atomic E-state index is -4.43. The molecule has 0 heterocycles. The minimum absolute atomic E-state index is 0.00888. The summed E-state index contributed by atoms with van der Waals surface area (Å²) in [7, 11) is 1.34. The van der Waals surface area contributed by atoms with Gasteiger partial charge >= 0.3 is 19.8 Å². The normalized spacial score (nSPS) is 15.2. The molecule has 0 rings (SSSR count). The number of carbonyl (C=O) groups excluding carboxylic acids is 2. The molecule has 0 aliphatic rings. The number of rotatable bonds is 38. The maximum absolute atomic E-state index is 12.7. The number of hydrogen-bond acceptors (Lipinski definition) is 8. The van der Waals surface area contributed by atoms with E-state index in [2.05, 4.69) is 80.7 Å². The van der Waals surface area contributed by atoms with Gasteiger partial charge in [-0.1, -0.05) is 148 Å². The van der Waals surface area contributed by atoms with Crippen molar-refractivity contribution in [2.45, 2.75) is 135 Å². The minimum Gasteiger partial charge on any atom is -0.462 e. The molecule has 0 aromatic heterocycles. The van der Waals surface area contributed by atoms with Gasteiger partial charge in [0, 0.05) is 12.8 Å². The number of aliphatic hydroxyl groups is 1. The van der Waals surface area contributed by atoms with Crippen LogP contribution >= 0.6 is 7.82 Å². The van der Waals surface area contributed by atoms with Crippen LogP contribution in [0.1, 0.15) is 123 Å². The van der Waals surface area contributed by atoms with E-state index in [9.17, 15) is 24.2 Å². The van der Waals surface area contributed by atoms with E-state index in [-0.39, 0.29) is 26.1 Å². The fourth-order valence-corrected chi connectivity index (χ4v) is 5.79. The summed E-state index contributed by atoms with van der Waals surface area (Å²) >= 11 is 0. The molecule has 0 aliphatic heterocycles. The van der Waals surface area contributed by atoms with Gasteiger partial charge in [0.15, 0.2) is 6.10 Å². The fraction of sp³-hybridized carbons (Fsp3) is 0.560. The van der Waals surface area contributed by atoms with E-state index < -0.39 is 38.6 Å². The maximum Gasteiger partial charge on any atom is 0.472 e. The van der Waals surface area contributed by atoms with Crippen molar-refractivity contribution in [2.75, 3.05) is 47.5 Å². The van der Waals surface area contributed by atoms with Gasteiger partial charge in [-0.2, -0.15) is 0 Å². The van der Waals surface area contributed by atoms with Gasteiger partial charge in [-0.3, -0.25) is 18.6 Å². The number of hydrogen-bond donors (Lipinski definition) is 2. The molecule has 0 spiro atoms. The van der Waals surface area contributed by atoms with Gasteiger partial charge in [0.1, 0.15) is 19.8 Å². The molecule has 0 saturated carbocycles. The molecule has 61 heavy (non-hydrogen) atoms. The summed E-state index contributed by atoms with van der Waals surface area (Å²) in [6.45, 7) is 3.99. The number of aliphatic hydroxyl groups excluding tert-OH is 1. The second kappa shape index (κ2) is 40.4. The standard InChI is InChI=1S/C50H80NO9P/c1-6-8-10-12-14-15-16-17-18-19-20-21-22-23-24-25-29-33-37-41-49(53)57-45-48(46-59-61(55,56)58-44-43-51(3,4)5)60-50(54)42-38-34-30-26-28-32-36-40-47(52)39-35-31-27-13-11-9-7-2/h8,10,14-15,17-18,20-21,23-24,26-27,29-33,35-36,39,47-48,52H,6-7,9,11-13,16,19,22,25,28,34,37-38,40-46H2,1-5H3/p+1/b10-8-,15-14-,18-17-,21-20-,24-23-,30-26+,31-27-,33-29-,36-32-,39-35-/t47-,48+/m0/s1. The number of likely N-dealkylation sites (N-methyl/N-ethyl adjacent to an activating group) is 1. The van der Waals surface area contributed by atoms with Crippen molar-refractivity contribution in [3.05, 3.63) is 122 Å². The van der Waals surface area contributed by atoms with E-state index in [0.717, 1.165) is 44.9 Å². The van der Waals surface area contributed by atoms with E-state index >= 15 is 0 Å². The van der Waals surface area contributed by atoms with Gasteiger partial charge in [-0.15, -0.1) is 0 Å². The number of esters is 2. The van der Waals surface area contributed by atoms with Gasteiger partial charge in [-0.05, 0) is 83.5 Å². The molecule has 344 valence electrons. The largest absolute Gasteiger partial charge is 0.472 e. The lowest BCUT2D eigenvalue weighted by Crippen LogP contribution is -2.37. The lowest BCUT2D eigenvalue weighted by atomic mass is 10.2. The van der Waals surface area contributed by atoms with Crippen molar-refractivity contribution in [2.24, 2.45) is 0 Å². The highest BCUT2D eigenvalue weighted by Crippen LogP contribution is 2.43. The Kier molecular flexibility index (Phi) is 38.0. The molecule has 10 nitrogen and oxygen atoms in total. The summed E-state index contributed by atoms with van der Waals surface area (Å²) in [5.41, 5.74) is 0. The maximum atomic E-state index is 12.7. The van der Waals surface area contributed by atoms with E-state index in [0.29, 0.717) is 43.1 Å². The van der Waals surface area contributed by atoms with Gasteiger partial charge in [-0.25, -0.2) is 4.57 Å². The van der Waals surface area contributed by atoms with E-state index in [1.165, 1.54) is 19.3 Å². The number of carbonyl (C=O) groups is 2. The molecule has 0 aromatic rings. The van der Waals surface area contributed by atoms with Crippen LogP contribution in [0.4, 0.5) is 0 Å². The lowest BCUT2D eigenvalue weighted by molar-refractivity contribution is -0.870. The van der Waals surface area contributed by atoms with Crippen LogP contribution in [0, 0.1) is 0 Å². The van der Waals surface area contributed by atoms with Gasteiger partial charge < -0.3 is 24.0 Å². The first-order valence-corrected chi connectivity index (χ1v) is 23.9. The van der Waals surface area contributed by atoms with Crippen LogP contribution in [0.2, 0.25) is 0 Å². The van der Waals surface area contributed by atoms with Crippen LogP contribution in [-0.4, -0.2) is 86.1 Å². The first-order chi connectivity index (χ1) is 29.4. The lowest BCUT2D eigenvalue weighted by Gasteiger charge is -2.24. The van der Waals surface area contributed by atoms with E-state index in [1.54, 1.807) is 6.08 Å². The number of quaternary nitrogens is 1. The molecular formula is C50H81NO9P+. The van der Waals surface area contributed by atoms with Crippen molar-refractivity contribution in [3.8, 4) is 0 Å². The highest BCUT2D eigenvalue weighted by atomic mass is 31.2. The molecule has 0 fully saturated rings. The number of ether oxygens (including phenoxy) is 2. The van der Waals surface area contributed by atoms with Crippen LogP contribution in [0.5, 0.6) is 0 Å². The number of phosphoric acid groups is 1. The molecule has 0 saturated heterocycles. The second-order valence-electron chi connectivity index (χ2n) is 15.5. The summed E-state index contributed by atoms with van der Waals surface area (Å²) < 4.78 is 34.1. The third-order valence-electron chi connectivity index (χ3n) is 8.57. The Morgan fingerprint density at radius 3 is 1.72 bits per heavy atom. The average molecular weight is 871 g/mol. The van der Waals surface area contributed by atoms with Crippen LogP contribution in [0.25, 0.3) is 0 Å². The number of nitrogens with zero attached hydrogens (tertiary/aromatic N) is 1. The zero-order valence-corrected chi connectivity index (χ0v) is 39.1. The first-order valence-electron chi connectivity index (χ1n) is 22.4. The smallest absolute Gasteiger partial charge is 0.462 e.